The molecule has 0 aromatic carbocycles. The molecule has 0 spiro atoms. The summed E-state index contributed by atoms with van der Waals surface area (Å²) in [5.41, 5.74) is 0. The van der Waals surface area contributed by atoms with Gasteiger partial charge in [0.2, 0.25) is 0 Å². The van der Waals surface area contributed by atoms with Gasteiger partial charge in [-0.2, -0.15) is 0 Å². The number of carbonyl (C=O) groups excluding carboxylic acids is 12. The van der Waals surface area contributed by atoms with Crippen LogP contribution in [0.4, 0.5) is 0 Å². The summed E-state index contributed by atoms with van der Waals surface area (Å²) in [6, 6.07) is 0. The summed E-state index contributed by atoms with van der Waals surface area (Å²) in [7, 11) is 0. The molecule has 153 valence electrons. The molecule has 13 heteroatoms. The van der Waals surface area contributed by atoms with Crippen molar-refractivity contribution >= 4 is 81.5 Å². The van der Waals surface area contributed by atoms with Gasteiger partial charge in [0.1, 0.15) is 81.5 Å². The zero-order valence-corrected chi connectivity index (χ0v) is 14.8. The Morgan fingerprint density at radius 3 is 0.160 bits per heavy atom. The van der Waals surface area contributed by atoms with Crippen molar-refractivity contribution in [3.8, 4) is 0 Å². The number of hydrogen-bond donors (Lipinski definition) is 0. The van der Waals surface area contributed by atoms with Gasteiger partial charge in [-0.1, -0.05) is 0 Å². The molecule has 0 rings (SSSR count). The van der Waals surface area contributed by atoms with E-state index in [1.54, 1.807) is 0 Å². The molecule has 0 unspecified atom stereocenters. The Hall–Kier alpha value is -3.45. The summed E-state index contributed by atoms with van der Waals surface area (Å²) in [5, 5.41) is 0. The first-order chi connectivity index (χ1) is 12.0. The smallest absolute Gasteiger partial charge is 0.106 e. The fourth-order valence-electron chi connectivity index (χ4n) is 0. The van der Waals surface area contributed by atoms with Crippen LogP contribution in [-0.2, 0) is 74.3 Å². The Labute approximate surface area is 156 Å². The summed E-state index contributed by atoms with van der Waals surface area (Å²) in [5.74, 6) is 0. The Morgan fingerprint density at radius 2 is 0.160 bits per heavy atom. The molecule has 1 radical (unpaired) electrons. The molecule has 0 N–H and O–H groups in total. The average molecular weight is 419 g/mol. The molecule has 0 aromatic rings. The maximum Gasteiger partial charge on any atom is 0.106 e. The number of hydrogen-bond acceptors (Lipinski definition) is 12. The molecule has 0 saturated carbocycles. The van der Waals surface area contributed by atoms with E-state index in [-0.39, 0.29) is 16.8 Å². The van der Waals surface area contributed by atoms with E-state index in [4.69, 9.17) is 57.5 Å². The van der Waals surface area contributed by atoms with Crippen molar-refractivity contribution in [1.29, 1.82) is 0 Å². The third-order valence-electron chi connectivity index (χ3n) is 0. The van der Waals surface area contributed by atoms with Crippen molar-refractivity contribution in [3.05, 3.63) is 0 Å². The molecular formula is C12H24CoO12. The van der Waals surface area contributed by atoms with E-state index in [1.165, 1.54) is 0 Å². The van der Waals surface area contributed by atoms with E-state index in [1.807, 2.05) is 81.5 Å². The van der Waals surface area contributed by atoms with Crippen LogP contribution in [0.3, 0.4) is 0 Å². The minimum atomic E-state index is 0. The zero-order chi connectivity index (χ0) is 24.0. The summed E-state index contributed by atoms with van der Waals surface area (Å²) in [4.78, 5) is 96.0. The number of carbonyl (C=O) groups is 12. The summed E-state index contributed by atoms with van der Waals surface area (Å²) in [6.07, 6.45) is 0. The van der Waals surface area contributed by atoms with Gasteiger partial charge >= 0.3 is 0 Å². The minimum absolute atomic E-state index is 0. The summed E-state index contributed by atoms with van der Waals surface area (Å²) >= 11 is 0. The van der Waals surface area contributed by atoms with Gasteiger partial charge in [-0.25, -0.2) is 0 Å². The second kappa shape index (κ2) is 658. The maximum absolute atomic E-state index is 8.00. The molecule has 0 saturated heterocycles. The first kappa shape index (κ1) is 125. The summed E-state index contributed by atoms with van der Waals surface area (Å²) in [6.45, 7) is 24.0. The predicted octanol–water partition coefficient (Wildman–Crippen LogP) is -2.22. The standard InChI is InChI=1S/12CH2O.Co/c12*1-2;/h12*1H2;. The van der Waals surface area contributed by atoms with Crippen LogP contribution in [0.5, 0.6) is 0 Å². The molecule has 0 aromatic heterocycles. The molecular weight excluding hydrogens is 395 g/mol. The molecule has 0 aliphatic heterocycles. The van der Waals surface area contributed by atoms with Crippen molar-refractivity contribution in [2.75, 3.05) is 0 Å². The fourth-order valence-corrected chi connectivity index (χ4v) is 0. The van der Waals surface area contributed by atoms with Gasteiger partial charge in [0.05, 0.1) is 0 Å². The molecule has 25 heavy (non-hydrogen) atoms. The van der Waals surface area contributed by atoms with Gasteiger partial charge < -0.3 is 57.5 Å². The summed E-state index contributed by atoms with van der Waals surface area (Å²) < 4.78 is 0. The van der Waals surface area contributed by atoms with Crippen LogP contribution >= 0.6 is 0 Å². The van der Waals surface area contributed by atoms with E-state index in [2.05, 4.69) is 0 Å². The van der Waals surface area contributed by atoms with E-state index < -0.39 is 0 Å². The Kier molecular flexibility index (Phi) is 3280. The van der Waals surface area contributed by atoms with Gasteiger partial charge in [-0.05, 0) is 0 Å². The Morgan fingerprint density at radius 1 is 0.160 bits per heavy atom. The largest absolute Gasteiger partial charge is 0.307 e. The van der Waals surface area contributed by atoms with E-state index in [9.17, 15) is 0 Å². The van der Waals surface area contributed by atoms with Crippen molar-refractivity contribution in [1.82, 2.24) is 0 Å². The van der Waals surface area contributed by atoms with Gasteiger partial charge in [-0.3, -0.25) is 0 Å². The molecule has 0 amide bonds. The van der Waals surface area contributed by atoms with Crippen LogP contribution < -0.4 is 0 Å². The van der Waals surface area contributed by atoms with Crippen LogP contribution in [0.2, 0.25) is 0 Å². The molecule has 0 heterocycles. The second-order valence-corrected chi connectivity index (χ2v) is 0. The van der Waals surface area contributed by atoms with Crippen LogP contribution in [-0.4, -0.2) is 81.5 Å². The molecule has 0 aliphatic rings. The fraction of sp³-hybridized carbons (Fsp3) is 0. The molecule has 0 aliphatic carbocycles. The van der Waals surface area contributed by atoms with Crippen molar-refractivity contribution in [2.45, 2.75) is 0 Å². The van der Waals surface area contributed by atoms with Gasteiger partial charge in [-0.15, -0.1) is 0 Å². The third kappa shape index (κ3) is 593. The normalized spacial score (nSPS) is 1.92. The quantitative estimate of drug-likeness (QED) is 0.409. The molecule has 0 bridgehead atoms. The minimum Gasteiger partial charge on any atom is -0.307 e. The van der Waals surface area contributed by atoms with Crippen LogP contribution in [0.1, 0.15) is 0 Å². The third-order valence-corrected chi connectivity index (χ3v) is 0. The van der Waals surface area contributed by atoms with E-state index >= 15 is 0 Å². The molecule has 12 nitrogen and oxygen atoms in total. The van der Waals surface area contributed by atoms with Gasteiger partial charge in [0.25, 0.3) is 0 Å². The number of rotatable bonds is 0. The van der Waals surface area contributed by atoms with Crippen LogP contribution in [0, 0.1) is 0 Å². The monoisotopic (exact) mass is 419 g/mol. The average Bonchev–Trinajstić information content (AvgIpc) is 2.84. The molecule has 0 fully saturated rings. The second-order valence-electron chi connectivity index (χ2n) is 0. The first-order valence-corrected chi connectivity index (χ1v) is 3.46. The van der Waals surface area contributed by atoms with Gasteiger partial charge in [0, 0.05) is 16.8 Å². The SMILES string of the molecule is C=O.C=O.C=O.C=O.C=O.C=O.C=O.C=O.C=O.C=O.C=O.C=O.[Co]. The van der Waals surface area contributed by atoms with E-state index in [0.717, 1.165) is 0 Å². The Bertz CT molecular complexity index is 73.1. The first-order valence-electron chi connectivity index (χ1n) is 3.46. The maximum atomic E-state index is 8.00. The van der Waals surface area contributed by atoms with Crippen molar-refractivity contribution in [3.63, 3.8) is 0 Å². The van der Waals surface area contributed by atoms with Crippen molar-refractivity contribution < 1.29 is 74.3 Å². The van der Waals surface area contributed by atoms with Crippen LogP contribution in [0.25, 0.3) is 0 Å². The van der Waals surface area contributed by atoms with Crippen LogP contribution in [0.15, 0.2) is 0 Å². The van der Waals surface area contributed by atoms with Gasteiger partial charge in [0.15, 0.2) is 0 Å². The topological polar surface area (TPSA) is 205 Å². The molecule has 0 atom stereocenters. The van der Waals surface area contributed by atoms with Crippen molar-refractivity contribution in [2.24, 2.45) is 0 Å². The Balaban J connectivity index is -0.00000000569. The zero-order valence-electron chi connectivity index (χ0n) is 13.7. The predicted molar refractivity (Wildman–Crippen MR) is 85.5 cm³/mol. The van der Waals surface area contributed by atoms with E-state index in [0.29, 0.717) is 0 Å².